The van der Waals surface area contributed by atoms with E-state index in [9.17, 15) is 4.39 Å². The number of nitrogen functional groups attached to an aromatic ring is 1. The number of benzene rings is 1. The number of hydrogen-bond donors (Lipinski definition) is 1. The fraction of sp³-hybridized carbons (Fsp3) is 0.0909. The molecule has 1 heterocycles. The maximum absolute atomic E-state index is 13.2. The SMILES string of the molecule is COc1ccc(F)cc1-c1cc(Cl)nnc1N. The van der Waals surface area contributed by atoms with Crippen LogP contribution in [0, 0.1) is 5.82 Å². The van der Waals surface area contributed by atoms with Gasteiger partial charge >= 0.3 is 0 Å². The Morgan fingerprint density at radius 2 is 2.00 bits per heavy atom. The normalized spacial score (nSPS) is 10.3. The predicted molar refractivity (Wildman–Crippen MR) is 63.4 cm³/mol. The molecule has 0 saturated heterocycles. The summed E-state index contributed by atoms with van der Waals surface area (Å²) in [5, 5.41) is 7.46. The Morgan fingerprint density at radius 3 is 2.71 bits per heavy atom. The van der Waals surface area contributed by atoms with Gasteiger partial charge in [0, 0.05) is 11.1 Å². The molecule has 0 radical (unpaired) electrons. The van der Waals surface area contributed by atoms with E-state index in [0.29, 0.717) is 16.9 Å². The summed E-state index contributed by atoms with van der Waals surface area (Å²) in [6, 6.07) is 5.64. The molecule has 88 valence electrons. The summed E-state index contributed by atoms with van der Waals surface area (Å²) in [5.41, 5.74) is 6.66. The highest BCUT2D eigenvalue weighted by atomic mass is 35.5. The topological polar surface area (TPSA) is 61.0 Å². The van der Waals surface area contributed by atoms with Crippen molar-refractivity contribution in [2.24, 2.45) is 0 Å². The first kappa shape index (κ1) is 11.6. The van der Waals surface area contributed by atoms with E-state index in [4.69, 9.17) is 22.1 Å². The third-order valence-corrected chi connectivity index (χ3v) is 2.43. The van der Waals surface area contributed by atoms with Gasteiger partial charge in [0.15, 0.2) is 11.0 Å². The van der Waals surface area contributed by atoms with Crippen LogP contribution >= 0.6 is 11.6 Å². The molecule has 0 unspecified atom stereocenters. The van der Waals surface area contributed by atoms with Crippen LogP contribution in [-0.4, -0.2) is 17.3 Å². The molecule has 0 fully saturated rings. The van der Waals surface area contributed by atoms with Crippen molar-refractivity contribution in [2.75, 3.05) is 12.8 Å². The van der Waals surface area contributed by atoms with Gasteiger partial charge in [0.05, 0.1) is 7.11 Å². The first-order valence-corrected chi connectivity index (χ1v) is 5.12. The Kier molecular flexibility index (Phi) is 3.10. The van der Waals surface area contributed by atoms with E-state index in [2.05, 4.69) is 10.2 Å². The highest BCUT2D eigenvalue weighted by Crippen LogP contribution is 2.34. The first-order chi connectivity index (χ1) is 8.11. The number of nitrogens with two attached hydrogens (primary N) is 1. The smallest absolute Gasteiger partial charge is 0.154 e. The maximum atomic E-state index is 13.2. The van der Waals surface area contributed by atoms with Crippen LogP contribution in [0.1, 0.15) is 0 Å². The van der Waals surface area contributed by atoms with Gasteiger partial charge in [-0.3, -0.25) is 0 Å². The lowest BCUT2D eigenvalue weighted by atomic mass is 10.1. The van der Waals surface area contributed by atoms with Crippen molar-refractivity contribution < 1.29 is 9.13 Å². The molecular weight excluding hydrogens is 245 g/mol. The van der Waals surface area contributed by atoms with Crippen LogP contribution in [0.15, 0.2) is 24.3 Å². The number of methoxy groups -OCH3 is 1. The molecule has 0 amide bonds. The van der Waals surface area contributed by atoms with Crippen molar-refractivity contribution >= 4 is 17.4 Å². The van der Waals surface area contributed by atoms with E-state index in [0.717, 1.165) is 0 Å². The van der Waals surface area contributed by atoms with Crippen LogP contribution in [0.25, 0.3) is 11.1 Å². The summed E-state index contributed by atoms with van der Waals surface area (Å²) in [5.74, 6) is 0.258. The van der Waals surface area contributed by atoms with Crippen molar-refractivity contribution in [2.45, 2.75) is 0 Å². The Balaban J connectivity index is 2.66. The standard InChI is InChI=1S/C11H9ClFN3O/c1-17-9-3-2-6(13)4-7(9)8-5-10(12)15-16-11(8)14/h2-5H,1H3,(H2,14,16). The van der Waals surface area contributed by atoms with Crippen LogP contribution in [-0.2, 0) is 0 Å². The van der Waals surface area contributed by atoms with E-state index in [1.165, 1.54) is 31.4 Å². The fourth-order valence-electron chi connectivity index (χ4n) is 1.48. The molecule has 6 heteroatoms. The lowest BCUT2D eigenvalue weighted by Gasteiger charge is -2.10. The van der Waals surface area contributed by atoms with Crippen molar-refractivity contribution in [3.8, 4) is 16.9 Å². The van der Waals surface area contributed by atoms with Gasteiger partial charge in [-0.05, 0) is 24.3 Å². The molecule has 0 aliphatic carbocycles. The summed E-state index contributed by atoms with van der Waals surface area (Å²) < 4.78 is 18.4. The van der Waals surface area contributed by atoms with E-state index < -0.39 is 5.82 Å². The molecule has 0 spiro atoms. The second-order valence-electron chi connectivity index (χ2n) is 3.31. The molecule has 1 aromatic heterocycles. The third-order valence-electron chi connectivity index (χ3n) is 2.24. The van der Waals surface area contributed by atoms with Gasteiger partial charge in [0.2, 0.25) is 0 Å². The average Bonchev–Trinajstić information content (AvgIpc) is 2.32. The molecule has 0 aliphatic rings. The number of anilines is 1. The van der Waals surface area contributed by atoms with Crippen LogP contribution in [0.5, 0.6) is 5.75 Å². The summed E-state index contributed by atoms with van der Waals surface area (Å²) in [7, 11) is 1.49. The molecule has 17 heavy (non-hydrogen) atoms. The van der Waals surface area contributed by atoms with Crippen LogP contribution < -0.4 is 10.5 Å². The summed E-state index contributed by atoms with van der Waals surface area (Å²) in [6.45, 7) is 0. The van der Waals surface area contributed by atoms with Crippen molar-refractivity contribution in [1.82, 2.24) is 10.2 Å². The molecule has 0 aliphatic heterocycles. The van der Waals surface area contributed by atoms with Crippen molar-refractivity contribution in [3.63, 3.8) is 0 Å². The summed E-state index contributed by atoms with van der Waals surface area (Å²) in [6.07, 6.45) is 0. The van der Waals surface area contributed by atoms with Gasteiger partial charge in [0.25, 0.3) is 0 Å². The molecule has 0 saturated carbocycles. The minimum absolute atomic E-state index is 0.165. The Bertz CT molecular complexity index is 562. The van der Waals surface area contributed by atoms with Gasteiger partial charge in [-0.1, -0.05) is 11.6 Å². The molecule has 2 rings (SSSR count). The lowest BCUT2D eigenvalue weighted by molar-refractivity contribution is 0.415. The molecule has 2 aromatic rings. The van der Waals surface area contributed by atoms with Gasteiger partial charge in [-0.2, -0.15) is 0 Å². The van der Waals surface area contributed by atoms with Gasteiger partial charge in [-0.15, -0.1) is 10.2 Å². The van der Waals surface area contributed by atoms with E-state index in [1.807, 2.05) is 0 Å². The molecule has 4 nitrogen and oxygen atoms in total. The Hall–Kier alpha value is -1.88. The number of aromatic nitrogens is 2. The Morgan fingerprint density at radius 1 is 1.24 bits per heavy atom. The zero-order chi connectivity index (χ0) is 12.4. The predicted octanol–water partition coefficient (Wildman–Crippen LogP) is 2.53. The zero-order valence-electron chi connectivity index (χ0n) is 8.95. The highest BCUT2D eigenvalue weighted by Gasteiger charge is 2.12. The molecule has 0 bridgehead atoms. The number of rotatable bonds is 2. The minimum Gasteiger partial charge on any atom is -0.496 e. The van der Waals surface area contributed by atoms with Gasteiger partial charge < -0.3 is 10.5 Å². The van der Waals surface area contributed by atoms with Crippen LogP contribution in [0.2, 0.25) is 5.15 Å². The summed E-state index contributed by atoms with van der Waals surface area (Å²) in [4.78, 5) is 0. The van der Waals surface area contributed by atoms with Gasteiger partial charge in [0.1, 0.15) is 11.6 Å². The minimum atomic E-state index is -0.395. The quantitative estimate of drug-likeness (QED) is 0.893. The summed E-state index contributed by atoms with van der Waals surface area (Å²) >= 11 is 5.74. The van der Waals surface area contributed by atoms with Gasteiger partial charge in [-0.25, -0.2) is 4.39 Å². The fourth-order valence-corrected chi connectivity index (χ4v) is 1.63. The second kappa shape index (κ2) is 4.55. The Labute approximate surface area is 102 Å². The number of halogens is 2. The maximum Gasteiger partial charge on any atom is 0.154 e. The second-order valence-corrected chi connectivity index (χ2v) is 3.70. The highest BCUT2D eigenvalue weighted by molar-refractivity contribution is 6.29. The first-order valence-electron chi connectivity index (χ1n) is 4.74. The number of hydrogen-bond acceptors (Lipinski definition) is 4. The molecule has 0 atom stereocenters. The van der Waals surface area contributed by atoms with Crippen LogP contribution in [0.4, 0.5) is 10.2 Å². The molecule has 2 N–H and O–H groups in total. The van der Waals surface area contributed by atoms with Crippen molar-refractivity contribution in [1.29, 1.82) is 0 Å². The number of ether oxygens (including phenoxy) is 1. The van der Waals surface area contributed by atoms with E-state index in [1.54, 1.807) is 0 Å². The van der Waals surface area contributed by atoms with E-state index >= 15 is 0 Å². The molecular formula is C11H9ClFN3O. The zero-order valence-corrected chi connectivity index (χ0v) is 9.70. The van der Waals surface area contributed by atoms with E-state index in [-0.39, 0.29) is 11.0 Å². The van der Waals surface area contributed by atoms with Crippen molar-refractivity contribution in [3.05, 3.63) is 35.2 Å². The van der Waals surface area contributed by atoms with Crippen LogP contribution in [0.3, 0.4) is 0 Å². The monoisotopic (exact) mass is 253 g/mol. The third kappa shape index (κ3) is 2.29. The lowest BCUT2D eigenvalue weighted by Crippen LogP contribution is -1.98. The average molecular weight is 254 g/mol. The molecule has 1 aromatic carbocycles. The largest absolute Gasteiger partial charge is 0.496 e. The number of nitrogens with zero attached hydrogens (tertiary/aromatic N) is 2.